The number of benzene rings is 1. The van der Waals surface area contributed by atoms with Gasteiger partial charge in [0.2, 0.25) is 5.95 Å². The summed E-state index contributed by atoms with van der Waals surface area (Å²) in [7, 11) is 1.75. The molecule has 13 heavy (non-hydrogen) atoms. The van der Waals surface area contributed by atoms with Crippen molar-refractivity contribution in [2.45, 2.75) is 0 Å². The fraction of sp³-hybridized carbons (Fsp3) is 0.125. The second-order valence-electron chi connectivity index (χ2n) is 2.78. The molecule has 0 aliphatic carbocycles. The predicted molar refractivity (Wildman–Crippen MR) is 52.8 cm³/mol. The van der Waals surface area contributed by atoms with Gasteiger partial charge in [0, 0.05) is 13.1 Å². The lowest BCUT2D eigenvalue weighted by Crippen LogP contribution is -1.96. The van der Waals surface area contributed by atoms with Crippen molar-refractivity contribution in [3.63, 3.8) is 0 Å². The van der Waals surface area contributed by atoms with E-state index < -0.39 is 0 Å². The Hall–Kier alpha value is -1.10. The molecule has 0 bridgehead atoms. The van der Waals surface area contributed by atoms with Crippen molar-refractivity contribution in [2.24, 2.45) is 7.05 Å². The first-order valence-electron chi connectivity index (χ1n) is 3.66. The number of nitrogen functional groups attached to an aromatic ring is 1. The molecule has 5 heteroatoms. The molecule has 0 fully saturated rings. The van der Waals surface area contributed by atoms with E-state index in [1.807, 2.05) is 0 Å². The molecule has 3 nitrogen and oxygen atoms in total. The van der Waals surface area contributed by atoms with Gasteiger partial charge in [-0.25, -0.2) is 9.37 Å². The van der Waals surface area contributed by atoms with E-state index in [0.717, 1.165) is 0 Å². The Morgan fingerprint density at radius 2 is 2.23 bits per heavy atom. The molecule has 0 amide bonds. The lowest BCUT2D eigenvalue weighted by atomic mass is 10.3. The van der Waals surface area contributed by atoms with Crippen LogP contribution in [0.4, 0.5) is 10.3 Å². The van der Waals surface area contributed by atoms with Gasteiger partial charge in [-0.05, 0) is 22.0 Å². The molecule has 0 aliphatic heterocycles. The van der Waals surface area contributed by atoms with Crippen LogP contribution < -0.4 is 5.73 Å². The highest BCUT2D eigenvalue weighted by molar-refractivity contribution is 9.10. The predicted octanol–water partition coefficient (Wildman–Crippen LogP) is 2.06. The van der Waals surface area contributed by atoms with E-state index in [1.54, 1.807) is 17.7 Å². The van der Waals surface area contributed by atoms with E-state index in [2.05, 4.69) is 20.9 Å². The Bertz CT molecular complexity index is 478. The van der Waals surface area contributed by atoms with Gasteiger partial charge >= 0.3 is 0 Å². The number of nitrogens with two attached hydrogens (primary N) is 1. The lowest BCUT2D eigenvalue weighted by Gasteiger charge is -1.97. The number of hydrogen-bond acceptors (Lipinski definition) is 2. The molecule has 0 saturated heterocycles. The number of hydrogen-bond donors (Lipinski definition) is 1. The molecule has 0 radical (unpaired) electrons. The maximum absolute atomic E-state index is 13.1. The summed E-state index contributed by atoms with van der Waals surface area (Å²) >= 11 is 3.09. The lowest BCUT2D eigenvalue weighted by molar-refractivity contribution is 0.622. The third-order valence-corrected chi connectivity index (χ3v) is 2.57. The van der Waals surface area contributed by atoms with Crippen molar-refractivity contribution >= 4 is 32.9 Å². The van der Waals surface area contributed by atoms with Gasteiger partial charge in [-0.3, -0.25) is 0 Å². The first kappa shape index (κ1) is 8.50. The van der Waals surface area contributed by atoms with Gasteiger partial charge in [-0.1, -0.05) is 0 Å². The van der Waals surface area contributed by atoms with Gasteiger partial charge in [0.05, 0.1) is 15.5 Å². The highest BCUT2D eigenvalue weighted by Gasteiger charge is 2.08. The van der Waals surface area contributed by atoms with E-state index in [4.69, 9.17) is 5.73 Å². The van der Waals surface area contributed by atoms with E-state index >= 15 is 0 Å². The van der Waals surface area contributed by atoms with Crippen molar-refractivity contribution in [3.05, 3.63) is 22.4 Å². The first-order valence-corrected chi connectivity index (χ1v) is 4.46. The molecule has 0 aliphatic rings. The molecule has 1 heterocycles. The Labute approximate surface area is 82.5 Å². The molecule has 1 aromatic carbocycles. The summed E-state index contributed by atoms with van der Waals surface area (Å²) in [5, 5.41) is 0. The molecule has 0 atom stereocenters. The minimum Gasteiger partial charge on any atom is -0.369 e. The van der Waals surface area contributed by atoms with Gasteiger partial charge in [-0.2, -0.15) is 0 Å². The van der Waals surface area contributed by atoms with Crippen LogP contribution >= 0.6 is 15.9 Å². The molecule has 0 spiro atoms. The zero-order valence-electron chi connectivity index (χ0n) is 6.88. The van der Waals surface area contributed by atoms with Crippen LogP contribution in [0, 0.1) is 5.82 Å². The fourth-order valence-corrected chi connectivity index (χ4v) is 1.54. The van der Waals surface area contributed by atoms with Crippen LogP contribution in [0.5, 0.6) is 0 Å². The summed E-state index contributed by atoms with van der Waals surface area (Å²) in [6.45, 7) is 0. The van der Waals surface area contributed by atoms with Gasteiger partial charge in [0.25, 0.3) is 0 Å². The minimum absolute atomic E-state index is 0.310. The SMILES string of the molecule is Cn1c(N)nc2cc(Br)c(F)cc21. The topological polar surface area (TPSA) is 43.8 Å². The summed E-state index contributed by atoms with van der Waals surface area (Å²) in [6, 6.07) is 3.02. The normalized spacial score (nSPS) is 11.0. The van der Waals surface area contributed by atoms with E-state index in [0.29, 0.717) is 21.5 Å². The number of aromatic nitrogens is 2. The Kier molecular flexibility index (Phi) is 1.76. The van der Waals surface area contributed by atoms with E-state index in [-0.39, 0.29) is 5.82 Å². The quantitative estimate of drug-likeness (QED) is 0.770. The number of nitrogens with zero attached hydrogens (tertiary/aromatic N) is 2. The first-order chi connectivity index (χ1) is 6.09. The number of halogens is 2. The maximum atomic E-state index is 13.1. The van der Waals surface area contributed by atoms with Crippen molar-refractivity contribution < 1.29 is 4.39 Å². The van der Waals surface area contributed by atoms with Gasteiger partial charge < -0.3 is 10.3 Å². The van der Waals surface area contributed by atoms with Crippen LogP contribution in [0.25, 0.3) is 11.0 Å². The number of rotatable bonds is 0. The van der Waals surface area contributed by atoms with Crippen LogP contribution in [0.1, 0.15) is 0 Å². The molecule has 68 valence electrons. The van der Waals surface area contributed by atoms with Crippen molar-refractivity contribution in [2.75, 3.05) is 5.73 Å². The number of anilines is 1. The van der Waals surface area contributed by atoms with Crippen LogP contribution in [0.3, 0.4) is 0 Å². The number of aryl methyl sites for hydroxylation is 1. The highest BCUT2D eigenvalue weighted by Crippen LogP contribution is 2.23. The molecule has 2 N–H and O–H groups in total. The monoisotopic (exact) mass is 243 g/mol. The standard InChI is InChI=1S/C8H7BrFN3/c1-13-7-3-5(10)4(9)2-6(7)12-8(13)11/h2-3H,1H3,(H2,11,12). The second-order valence-corrected chi connectivity index (χ2v) is 3.64. The zero-order valence-corrected chi connectivity index (χ0v) is 8.47. The summed E-state index contributed by atoms with van der Waals surface area (Å²) in [6.07, 6.45) is 0. The molecule has 0 saturated carbocycles. The average molecular weight is 244 g/mol. The second kappa shape index (κ2) is 2.70. The summed E-state index contributed by atoms with van der Waals surface area (Å²) < 4.78 is 15.2. The van der Waals surface area contributed by atoms with Crippen molar-refractivity contribution in [1.29, 1.82) is 0 Å². The zero-order chi connectivity index (χ0) is 9.59. The summed E-state index contributed by atoms with van der Waals surface area (Å²) in [5.41, 5.74) is 6.95. The Morgan fingerprint density at radius 3 is 2.92 bits per heavy atom. The molecular formula is C8H7BrFN3. The molecule has 1 aromatic heterocycles. The maximum Gasteiger partial charge on any atom is 0.200 e. The number of fused-ring (bicyclic) bond motifs is 1. The molecule has 2 rings (SSSR count). The number of imidazole rings is 1. The highest BCUT2D eigenvalue weighted by atomic mass is 79.9. The smallest absolute Gasteiger partial charge is 0.200 e. The molecule has 0 unspecified atom stereocenters. The van der Waals surface area contributed by atoms with Crippen LogP contribution in [-0.2, 0) is 7.05 Å². The third-order valence-electron chi connectivity index (χ3n) is 1.96. The minimum atomic E-state index is -0.310. The van der Waals surface area contributed by atoms with Crippen molar-refractivity contribution in [3.8, 4) is 0 Å². The van der Waals surface area contributed by atoms with E-state index in [1.165, 1.54) is 6.07 Å². The average Bonchev–Trinajstić information content (AvgIpc) is 2.32. The Balaban J connectivity index is 2.89. The van der Waals surface area contributed by atoms with Crippen LogP contribution in [0.15, 0.2) is 16.6 Å². The largest absolute Gasteiger partial charge is 0.369 e. The van der Waals surface area contributed by atoms with Crippen molar-refractivity contribution in [1.82, 2.24) is 9.55 Å². The third kappa shape index (κ3) is 1.19. The van der Waals surface area contributed by atoms with E-state index in [9.17, 15) is 4.39 Å². The van der Waals surface area contributed by atoms with Gasteiger partial charge in [0.15, 0.2) is 0 Å². The van der Waals surface area contributed by atoms with Crippen LogP contribution in [0.2, 0.25) is 0 Å². The van der Waals surface area contributed by atoms with Gasteiger partial charge in [-0.15, -0.1) is 0 Å². The summed E-state index contributed by atoms with van der Waals surface area (Å²) in [5.74, 6) is 0.0722. The molecular weight excluding hydrogens is 237 g/mol. The Morgan fingerprint density at radius 1 is 1.54 bits per heavy atom. The summed E-state index contributed by atoms with van der Waals surface area (Å²) in [4.78, 5) is 4.06. The van der Waals surface area contributed by atoms with Gasteiger partial charge in [0.1, 0.15) is 5.82 Å². The fourth-order valence-electron chi connectivity index (χ4n) is 1.21. The molecule has 2 aromatic rings. The van der Waals surface area contributed by atoms with Crippen LogP contribution in [-0.4, -0.2) is 9.55 Å².